The second kappa shape index (κ2) is 6.72. The summed E-state index contributed by atoms with van der Waals surface area (Å²) < 4.78 is 0. The Morgan fingerprint density at radius 3 is 2.18 bits per heavy atom. The number of nitrogens with zero attached hydrogens (tertiary/aromatic N) is 2. The fraction of sp³-hybridized carbons (Fsp3) is 0.700. The molecule has 2 nitrogen and oxygen atoms in total. The van der Waals surface area contributed by atoms with E-state index >= 15 is 0 Å². The van der Waals surface area contributed by atoms with Gasteiger partial charge in [0.1, 0.15) is 0 Å². The molecule has 1 saturated carbocycles. The number of rotatable bonds is 3. The molecule has 22 heavy (non-hydrogen) atoms. The van der Waals surface area contributed by atoms with E-state index in [4.69, 9.17) is 0 Å². The van der Waals surface area contributed by atoms with Gasteiger partial charge in [0, 0.05) is 25.7 Å². The van der Waals surface area contributed by atoms with Crippen molar-refractivity contribution in [3.05, 3.63) is 35.9 Å². The minimum absolute atomic E-state index is 0.904. The Hall–Kier alpha value is -0.860. The third-order valence-electron chi connectivity index (χ3n) is 6.16. The minimum atomic E-state index is 0.904. The van der Waals surface area contributed by atoms with Gasteiger partial charge in [-0.3, -0.25) is 9.80 Å². The van der Waals surface area contributed by atoms with Crippen LogP contribution in [-0.4, -0.2) is 42.0 Å². The van der Waals surface area contributed by atoms with E-state index in [1.165, 1.54) is 70.3 Å². The molecule has 2 unspecified atom stereocenters. The summed E-state index contributed by atoms with van der Waals surface area (Å²) in [5, 5.41) is 0. The van der Waals surface area contributed by atoms with Crippen LogP contribution in [0.4, 0.5) is 0 Å². The Morgan fingerprint density at radius 2 is 1.50 bits per heavy atom. The molecule has 4 rings (SSSR count). The van der Waals surface area contributed by atoms with Crippen LogP contribution in [0.3, 0.4) is 0 Å². The predicted octanol–water partition coefficient (Wildman–Crippen LogP) is 3.77. The van der Waals surface area contributed by atoms with Gasteiger partial charge in [-0.2, -0.15) is 0 Å². The van der Waals surface area contributed by atoms with Crippen LogP contribution >= 0.6 is 0 Å². The molecule has 0 amide bonds. The number of fused-ring (bicyclic) bond motifs is 2. The molecule has 3 fully saturated rings. The summed E-state index contributed by atoms with van der Waals surface area (Å²) in [5.41, 5.74) is 1.48. The molecule has 1 aromatic rings. The molecular formula is C20H30N2. The van der Waals surface area contributed by atoms with E-state index in [2.05, 4.69) is 40.1 Å². The summed E-state index contributed by atoms with van der Waals surface area (Å²) in [4.78, 5) is 5.61. The van der Waals surface area contributed by atoms with Crippen molar-refractivity contribution in [2.24, 2.45) is 11.8 Å². The maximum absolute atomic E-state index is 2.87. The van der Waals surface area contributed by atoms with Crippen molar-refractivity contribution in [1.29, 1.82) is 0 Å². The maximum atomic E-state index is 2.87. The van der Waals surface area contributed by atoms with Gasteiger partial charge in [-0.05, 0) is 56.2 Å². The van der Waals surface area contributed by atoms with Crippen molar-refractivity contribution in [3.63, 3.8) is 0 Å². The molecule has 2 heterocycles. The van der Waals surface area contributed by atoms with Crippen LogP contribution in [0.5, 0.6) is 0 Å². The standard InChI is InChI=1S/C20H30N2/c1-3-8-17(9-4-1)14-21-15-18-10-7-11-19(16-21)20(18)22-12-5-2-6-13-22/h1,3-4,8-9,18-20H,2,5-7,10-16H2. The van der Waals surface area contributed by atoms with Gasteiger partial charge in [0.15, 0.2) is 0 Å². The van der Waals surface area contributed by atoms with E-state index in [1.807, 2.05) is 0 Å². The fourth-order valence-electron chi connectivity index (χ4n) is 5.29. The lowest BCUT2D eigenvalue weighted by molar-refractivity contribution is -0.0290. The summed E-state index contributed by atoms with van der Waals surface area (Å²) in [5.74, 6) is 1.85. The summed E-state index contributed by atoms with van der Waals surface area (Å²) in [6, 6.07) is 12.0. The molecule has 2 saturated heterocycles. The van der Waals surface area contributed by atoms with Crippen molar-refractivity contribution in [2.75, 3.05) is 26.2 Å². The highest BCUT2D eigenvalue weighted by Gasteiger charge is 2.42. The van der Waals surface area contributed by atoms with Crippen LogP contribution in [0.2, 0.25) is 0 Å². The number of hydrogen-bond donors (Lipinski definition) is 0. The van der Waals surface area contributed by atoms with Crippen molar-refractivity contribution >= 4 is 0 Å². The molecule has 2 atom stereocenters. The molecule has 1 aliphatic carbocycles. The van der Waals surface area contributed by atoms with E-state index < -0.39 is 0 Å². The fourth-order valence-corrected chi connectivity index (χ4v) is 5.29. The molecular weight excluding hydrogens is 268 g/mol. The largest absolute Gasteiger partial charge is 0.300 e. The minimum Gasteiger partial charge on any atom is -0.300 e. The molecule has 0 radical (unpaired) electrons. The monoisotopic (exact) mass is 298 g/mol. The Balaban J connectivity index is 1.44. The van der Waals surface area contributed by atoms with Crippen LogP contribution in [0.15, 0.2) is 30.3 Å². The van der Waals surface area contributed by atoms with Crippen LogP contribution in [0, 0.1) is 11.8 Å². The average molecular weight is 298 g/mol. The quantitative estimate of drug-likeness (QED) is 0.838. The zero-order valence-electron chi connectivity index (χ0n) is 13.8. The van der Waals surface area contributed by atoms with Gasteiger partial charge in [-0.1, -0.05) is 43.2 Å². The van der Waals surface area contributed by atoms with Crippen molar-refractivity contribution in [3.8, 4) is 0 Å². The molecule has 0 N–H and O–H groups in total. The number of benzene rings is 1. The lowest BCUT2D eigenvalue weighted by Gasteiger charge is -2.52. The molecule has 2 bridgehead atoms. The van der Waals surface area contributed by atoms with E-state index in [9.17, 15) is 0 Å². The Bertz CT molecular complexity index is 452. The van der Waals surface area contributed by atoms with Crippen LogP contribution < -0.4 is 0 Å². The summed E-state index contributed by atoms with van der Waals surface area (Å²) in [6.07, 6.45) is 8.72. The molecule has 0 spiro atoms. The topological polar surface area (TPSA) is 6.48 Å². The number of likely N-dealkylation sites (tertiary alicyclic amines) is 2. The summed E-state index contributed by atoms with van der Waals surface area (Å²) in [7, 11) is 0. The third kappa shape index (κ3) is 3.09. The normalized spacial score (nSPS) is 33.7. The zero-order chi connectivity index (χ0) is 14.8. The Morgan fingerprint density at radius 1 is 0.818 bits per heavy atom. The lowest BCUT2D eigenvalue weighted by atomic mass is 9.72. The highest BCUT2D eigenvalue weighted by atomic mass is 15.2. The molecule has 0 aromatic heterocycles. The SMILES string of the molecule is c1ccc(CN2CC3CCCC(C2)C3N2CCCCC2)cc1. The first-order valence-electron chi connectivity index (χ1n) is 9.40. The first-order valence-corrected chi connectivity index (χ1v) is 9.40. The Kier molecular flexibility index (Phi) is 4.49. The van der Waals surface area contributed by atoms with Gasteiger partial charge in [-0.15, -0.1) is 0 Å². The second-order valence-electron chi connectivity index (χ2n) is 7.72. The maximum Gasteiger partial charge on any atom is 0.0233 e. The van der Waals surface area contributed by atoms with Gasteiger partial charge in [-0.25, -0.2) is 0 Å². The molecule has 120 valence electrons. The lowest BCUT2D eigenvalue weighted by Crippen LogP contribution is -2.58. The third-order valence-corrected chi connectivity index (χ3v) is 6.16. The smallest absolute Gasteiger partial charge is 0.0233 e. The van der Waals surface area contributed by atoms with E-state index in [0.29, 0.717) is 0 Å². The first-order chi connectivity index (χ1) is 10.9. The number of piperidine rings is 2. The van der Waals surface area contributed by atoms with Gasteiger partial charge in [0.05, 0.1) is 0 Å². The summed E-state index contributed by atoms with van der Waals surface area (Å²) >= 11 is 0. The highest BCUT2D eigenvalue weighted by molar-refractivity contribution is 5.15. The van der Waals surface area contributed by atoms with Crippen LogP contribution in [0.1, 0.15) is 44.1 Å². The van der Waals surface area contributed by atoms with Gasteiger partial charge < -0.3 is 0 Å². The molecule has 2 aliphatic heterocycles. The van der Waals surface area contributed by atoms with Gasteiger partial charge in [0.2, 0.25) is 0 Å². The highest BCUT2D eigenvalue weighted by Crippen LogP contribution is 2.39. The van der Waals surface area contributed by atoms with Crippen molar-refractivity contribution < 1.29 is 0 Å². The van der Waals surface area contributed by atoms with Crippen LogP contribution in [-0.2, 0) is 6.54 Å². The van der Waals surface area contributed by atoms with Crippen molar-refractivity contribution in [2.45, 2.75) is 51.1 Å². The van der Waals surface area contributed by atoms with Crippen LogP contribution in [0.25, 0.3) is 0 Å². The predicted molar refractivity (Wildman–Crippen MR) is 91.8 cm³/mol. The van der Waals surface area contributed by atoms with Gasteiger partial charge >= 0.3 is 0 Å². The zero-order valence-corrected chi connectivity index (χ0v) is 13.8. The van der Waals surface area contributed by atoms with E-state index in [0.717, 1.165) is 24.4 Å². The van der Waals surface area contributed by atoms with Gasteiger partial charge in [0.25, 0.3) is 0 Å². The average Bonchev–Trinajstić information content (AvgIpc) is 2.56. The molecule has 2 heteroatoms. The van der Waals surface area contributed by atoms with E-state index in [-0.39, 0.29) is 0 Å². The summed E-state index contributed by atoms with van der Waals surface area (Å²) in [6.45, 7) is 6.55. The first kappa shape index (κ1) is 14.7. The number of hydrogen-bond acceptors (Lipinski definition) is 2. The molecule has 3 aliphatic rings. The van der Waals surface area contributed by atoms with E-state index in [1.54, 1.807) is 0 Å². The van der Waals surface area contributed by atoms with Crippen molar-refractivity contribution in [1.82, 2.24) is 9.80 Å². The molecule has 1 aromatic carbocycles. The second-order valence-corrected chi connectivity index (χ2v) is 7.72. The Labute approximate surface area is 135 Å².